The zero-order valence-corrected chi connectivity index (χ0v) is 26.3. The van der Waals surface area contributed by atoms with Gasteiger partial charge in [-0.25, -0.2) is 0 Å². The van der Waals surface area contributed by atoms with Crippen LogP contribution in [0.15, 0.2) is 72.8 Å². The minimum absolute atomic E-state index is 0.0891. The number of rotatable bonds is 13. The monoisotopic (exact) mass is 684 g/mol. The third-order valence-electron chi connectivity index (χ3n) is 5.98. The highest BCUT2D eigenvalue weighted by Gasteiger charge is 2.37. The van der Waals surface area contributed by atoms with Gasteiger partial charge in [-0.2, -0.15) is 4.39 Å². The van der Waals surface area contributed by atoms with E-state index in [1.165, 1.54) is 6.07 Å². The lowest BCUT2D eigenvalue weighted by molar-refractivity contribution is -0.387. The van der Waals surface area contributed by atoms with E-state index >= 15 is 0 Å². The average Bonchev–Trinajstić information content (AvgIpc) is 2.96. The molecule has 15 heteroatoms. The molecule has 0 radical (unpaired) electrons. The molecule has 3 N–H and O–H groups in total. The molecule has 2 unspecified atom stereocenters. The molecule has 1 amide bonds. The summed E-state index contributed by atoms with van der Waals surface area (Å²) in [6, 6.07) is 18.9. The lowest BCUT2D eigenvalue weighted by Crippen LogP contribution is -2.57. The van der Waals surface area contributed by atoms with Gasteiger partial charge in [0.25, 0.3) is 0 Å². The van der Waals surface area contributed by atoms with Crippen LogP contribution < -0.4 is 20.7 Å². The summed E-state index contributed by atoms with van der Waals surface area (Å²) in [4.78, 5) is 35.6. The Morgan fingerprint density at radius 2 is 1.73 bits per heavy atom. The zero-order chi connectivity index (χ0) is 32.3. The SMILES string of the molecule is CCOC(=O)CCCOc1cccc(C(C(=O)NC(NC(=S)Nc2ccc(F)c([N+](=O)[O-])c2)C(Cl)(Cl)Cl)c2ccccc2)c1. The van der Waals surface area contributed by atoms with Gasteiger partial charge in [-0.1, -0.05) is 77.3 Å². The Balaban J connectivity index is 1.78. The number of nitrogens with zero attached hydrogens (tertiary/aromatic N) is 1. The number of nitro groups is 1. The summed E-state index contributed by atoms with van der Waals surface area (Å²) in [5.41, 5.74) is 0.525. The Morgan fingerprint density at radius 3 is 2.39 bits per heavy atom. The van der Waals surface area contributed by atoms with Crippen molar-refractivity contribution in [2.24, 2.45) is 0 Å². The number of halogens is 4. The number of anilines is 1. The van der Waals surface area contributed by atoms with E-state index in [2.05, 4.69) is 16.0 Å². The van der Waals surface area contributed by atoms with Gasteiger partial charge in [-0.15, -0.1) is 0 Å². The first kappa shape index (κ1) is 34.8. The third kappa shape index (κ3) is 10.5. The Hall–Kier alpha value is -3.71. The summed E-state index contributed by atoms with van der Waals surface area (Å²) in [5.74, 6) is -2.28. The van der Waals surface area contributed by atoms with Crippen LogP contribution in [0.5, 0.6) is 5.75 Å². The normalized spacial score (nSPS) is 12.4. The lowest BCUT2D eigenvalue weighted by Gasteiger charge is -2.30. The van der Waals surface area contributed by atoms with Crippen LogP contribution in [0.4, 0.5) is 15.8 Å². The van der Waals surface area contributed by atoms with E-state index in [9.17, 15) is 24.1 Å². The summed E-state index contributed by atoms with van der Waals surface area (Å²) in [6.07, 6.45) is -0.714. The number of ether oxygens (including phenoxy) is 2. The maximum Gasteiger partial charge on any atom is 0.306 e. The van der Waals surface area contributed by atoms with Crippen molar-refractivity contribution in [3.63, 3.8) is 0 Å². The highest BCUT2D eigenvalue weighted by atomic mass is 35.6. The van der Waals surface area contributed by atoms with Gasteiger partial charge in [0.2, 0.25) is 15.5 Å². The van der Waals surface area contributed by atoms with Crippen molar-refractivity contribution in [3.8, 4) is 5.75 Å². The fourth-order valence-corrected chi connectivity index (χ4v) is 4.58. The minimum atomic E-state index is -2.11. The topological polar surface area (TPSA) is 132 Å². The van der Waals surface area contributed by atoms with Gasteiger partial charge in [0, 0.05) is 18.2 Å². The van der Waals surface area contributed by atoms with Crippen molar-refractivity contribution in [1.29, 1.82) is 0 Å². The third-order valence-corrected chi connectivity index (χ3v) is 6.85. The molecule has 0 aliphatic heterocycles. The maximum absolute atomic E-state index is 13.8. The molecule has 0 saturated heterocycles. The molecule has 3 rings (SSSR count). The number of hydrogen-bond donors (Lipinski definition) is 3. The Bertz CT molecular complexity index is 1480. The standard InChI is InChI=1S/C29H28Cl3FN4O6S/c1-2-42-24(38)12-7-15-43-21-11-6-10-19(16-21)25(18-8-4-3-5-9-18)26(39)35-27(29(30,31)32)36-28(44)34-20-13-14-22(33)23(17-20)37(40)41/h3-6,8-11,13-14,16-17,25,27H,2,7,12,15H2,1H3,(H,35,39)(H2,34,36,44). The molecule has 0 spiro atoms. The molecule has 0 fully saturated rings. The zero-order valence-electron chi connectivity index (χ0n) is 23.2. The Kier molecular flexibility index (Phi) is 13.0. The lowest BCUT2D eigenvalue weighted by atomic mass is 9.90. The number of nitrogens with one attached hydrogen (secondary N) is 3. The predicted molar refractivity (Wildman–Crippen MR) is 171 cm³/mol. The summed E-state index contributed by atoms with van der Waals surface area (Å²) in [6.45, 7) is 2.30. The molecule has 234 valence electrons. The number of hydrogen-bond acceptors (Lipinski definition) is 7. The van der Waals surface area contributed by atoms with Crippen LogP contribution in [0.1, 0.15) is 36.8 Å². The first-order valence-corrected chi connectivity index (χ1v) is 14.7. The van der Waals surface area contributed by atoms with Crippen molar-refractivity contribution >= 4 is 75.4 Å². The number of amides is 1. The number of alkyl halides is 3. The Labute approximate surface area is 273 Å². The van der Waals surface area contributed by atoms with Gasteiger partial charge >= 0.3 is 11.7 Å². The van der Waals surface area contributed by atoms with E-state index in [0.29, 0.717) is 29.9 Å². The molecule has 0 aromatic heterocycles. The Morgan fingerprint density at radius 1 is 1.02 bits per heavy atom. The summed E-state index contributed by atoms with van der Waals surface area (Å²) in [5, 5.41) is 18.9. The second-order valence-electron chi connectivity index (χ2n) is 9.18. The van der Waals surface area contributed by atoms with Crippen molar-refractivity contribution < 1.29 is 28.4 Å². The van der Waals surface area contributed by atoms with E-state index in [-0.39, 0.29) is 29.8 Å². The largest absolute Gasteiger partial charge is 0.494 e. The molecule has 0 saturated carbocycles. The number of nitro benzene ring substituents is 1. The first-order chi connectivity index (χ1) is 20.9. The van der Waals surface area contributed by atoms with Gasteiger partial charge in [0.1, 0.15) is 11.9 Å². The van der Waals surface area contributed by atoms with Crippen LogP contribution in [0.25, 0.3) is 0 Å². The molecular formula is C29H28Cl3FN4O6S. The first-order valence-electron chi connectivity index (χ1n) is 13.2. The molecule has 3 aromatic rings. The van der Waals surface area contributed by atoms with Crippen molar-refractivity contribution in [2.45, 2.75) is 35.6 Å². The van der Waals surface area contributed by atoms with E-state index in [1.807, 2.05) is 0 Å². The molecule has 44 heavy (non-hydrogen) atoms. The highest BCUT2D eigenvalue weighted by Crippen LogP contribution is 2.32. The van der Waals surface area contributed by atoms with Gasteiger partial charge in [0.05, 0.1) is 24.1 Å². The van der Waals surface area contributed by atoms with Gasteiger partial charge < -0.3 is 25.4 Å². The van der Waals surface area contributed by atoms with Crippen LogP contribution in [-0.2, 0) is 14.3 Å². The van der Waals surface area contributed by atoms with Crippen molar-refractivity contribution in [3.05, 3.63) is 99.9 Å². The second-order valence-corrected chi connectivity index (χ2v) is 12.0. The fourth-order valence-electron chi connectivity index (χ4n) is 4.02. The van der Waals surface area contributed by atoms with E-state index < -0.39 is 38.2 Å². The van der Waals surface area contributed by atoms with Crippen molar-refractivity contribution in [1.82, 2.24) is 10.6 Å². The maximum atomic E-state index is 13.8. The van der Waals surface area contributed by atoms with Gasteiger partial charge in [-0.05, 0) is 61.0 Å². The summed E-state index contributed by atoms with van der Waals surface area (Å²) in [7, 11) is 0. The predicted octanol–water partition coefficient (Wildman–Crippen LogP) is 6.39. The van der Waals surface area contributed by atoms with Crippen LogP contribution in [0.2, 0.25) is 0 Å². The number of thiocarbonyl (C=S) groups is 1. The van der Waals surface area contributed by atoms with E-state index in [1.54, 1.807) is 61.5 Å². The minimum Gasteiger partial charge on any atom is -0.494 e. The summed E-state index contributed by atoms with van der Waals surface area (Å²) >= 11 is 23.8. The molecule has 10 nitrogen and oxygen atoms in total. The molecular weight excluding hydrogens is 658 g/mol. The fraction of sp³-hybridized carbons (Fsp3) is 0.276. The average molecular weight is 686 g/mol. The molecule has 0 aliphatic carbocycles. The molecule has 3 aromatic carbocycles. The van der Waals surface area contributed by atoms with Gasteiger partial charge in [-0.3, -0.25) is 19.7 Å². The highest BCUT2D eigenvalue weighted by molar-refractivity contribution is 7.80. The smallest absolute Gasteiger partial charge is 0.306 e. The number of esters is 1. The van der Waals surface area contributed by atoms with E-state index in [0.717, 1.165) is 12.1 Å². The molecule has 2 atom stereocenters. The molecule has 0 aliphatic rings. The quantitative estimate of drug-likeness (QED) is 0.0356. The van der Waals surface area contributed by atoms with Crippen LogP contribution in [0.3, 0.4) is 0 Å². The van der Waals surface area contributed by atoms with Crippen LogP contribution >= 0.6 is 47.0 Å². The van der Waals surface area contributed by atoms with Gasteiger partial charge in [0.15, 0.2) is 5.11 Å². The molecule has 0 bridgehead atoms. The van der Waals surface area contributed by atoms with E-state index in [4.69, 9.17) is 56.5 Å². The van der Waals surface area contributed by atoms with Crippen LogP contribution in [0, 0.1) is 15.9 Å². The number of benzene rings is 3. The van der Waals surface area contributed by atoms with Crippen molar-refractivity contribution in [2.75, 3.05) is 18.5 Å². The number of carbonyl (C=O) groups is 2. The van der Waals surface area contributed by atoms with Crippen LogP contribution in [-0.4, -0.2) is 45.1 Å². The second kappa shape index (κ2) is 16.4. The number of carbonyl (C=O) groups excluding carboxylic acids is 2. The summed E-state index contributed by atoms with van der Waals surface area (Å²) < 4.78 is 22.4. The molecule has 0 heterocycles.